The second-order valence-corrected chi connectivity index (χ2v) is 12.1. The summed E-state index contributed by atoms with van der Waals surface area (Å²) < 4.78 is 44.2. The van der Waals surface area contributed by atoms with Crippen LogP contribution in [0.1, 0.15) is 33.1 Å². The molecule has 2 N–H and O–H groups in total. The number of nitrogens with one attached hydrogen (secondary N) is 1. The zero-order valence-corrected chi connectivity index (χ0v) is 21.7. The monoisotopic (exact) mass is 519 g/mol. The molecule has 37 heavy (non-hydrogen) atoms. The Hall–Kier alpha value is -3.29. The SMILES string of the molecule is CC1(C)C2CCC1(CS(=O)(=O)O)C(=O)C2.Fc1ccc(-c2c(-c3ccccc3)[nH]c3ccccc23)cc1. The highest BCUT2D eigenvalue weighted by atomic mass is 32.2. The summed E-state index contributed by atoms with van der Waals surface area (Å²) in [6.07, 6.45) is 1.97. The van der Waals surface area contributed by atoms with Crippen LogP contribution >= 0.6 is 0 Å². The van der Waals surface area contributed by atoms with Crippen LogP contribution in [0.15, 0.2) is 78.9 Å². The van der Waals surface area contributed by atoms with Crippen molar-refractivity contribution >= 4 is 26.8 Å². The zero-order chi connectivity index (χ0) is 26.4. The van der Waals surface area contributed by atoms with Crippen molar-refractivity contribution in [3.8, 4) is 22.4 Å². The Morgan fingerprint density at radius 1 is 0.946 bits per heavy atom. The largest absolute Gasteiger partial charge is 0.354 e. The summed E-state index contributed by atoms with van der Waals surface area (Å²) in [5.41, 5.74) is 4.28. The summed E-state index contributed by atoms with van der Waals surface area (Å²) in [5, 5.41) is 1.15. The molecule has 0 saturated heterocycles. The number of rotatable bonds is 4. The van der Waals surface area contributed by atoms with Gasteiger partial charge < -0.3 is 4.98 Å². The molecule has 0 radical (unpaired) electrons. The van der Waals surface area contributed by atoms with E-state index in [4.69, 9.17) is 4.55 Å². The van der Waals surface area contributed by atoms with Crippen molar-refractivity contribution in [2.24, 2.45) is 16.7 Å². The maximum absolute atomic E-state index is 13.3. The first-order chi connectivity index (χ1) is 17.5. The number of hydrogen-bond donors (Lipinski definition) is 2. The quantitative estimate of drug-likeness (QED) is 0.287. The Kier molecular flexibility index (Phi) is 6.32. The van der Waals surface area contributed by atoms with Crippen LogP contribution in [0.5, 0.6) is 0 Å². The van der Waals surface area contributed by atoms with Crippen molar-refractivity contribution in [1.82, 2.24) is 4.98 Å². The first kappa shape index (κ1) is 25.4. The number of H-pyrrole nitrogens is 1. The van der Waals surface area contributed by atoms with Crippen molar-refractivity contribution in [2.75, 3.05) is 5.75 Å². The highest BCUT2D eigenvalue weighted by molar-refractivity contribution is 7.85. The van der Waals surface area contributed by atoms with E-state index < -0.39 is 21.3 Å². The fraction of sp³-hybridized carbons (Fsp3) is 0.300. The van der Waals surface area contributed by atoms with Gasteiger partial charge in [0.05, 0.1) is 16.9 Å². The van der Waals surface area contributed by atoms with Crippen LogP contribution in [-0.2, 0) is 14.9 Å². The summed E-state index contributed by atoms with van der Waals surface area (Å²) >= 11 is 0. The van der Waals surface area contributed by atoms with E-state index in [0.717, 1.165) is 39.7 Å². The maximum Gasteiger partial charge on any atom is 0.265 e. The number of aromatic nitrogens is 1. The summed E-state index contributed by atoms with van der Waals surface area (Å²) in [7, 11) is -4.08. The number of para-hydroxylation sites is 1. The van der Waals surface area contributed by atoms with Crippen LogP contribution in [0.3, 0.4) is 0 Å². The minimum atomic E-state index is -4.08. The van der Waals surface area contributed by atoms with Crippen LogP contribution in [-0.4, -0.2) is 29.5 Å². The number of benzene rings is 3. The van der Waals surface area contributed by atoms with Crippen molar-refractivity contribution in [1.29, 1.82) is 0 Å². The number of hydrogen-bond acceptors (Lipinski definition) is 3. The van der Waals surface area contributed by atoms with Crippen molar-refractivity contribution < 1.29 is 22.2 Å². The van der Waals surface area contributed by atoms with Crippen molar-refractivity contribution in [2.45, 2.75) is 33.1 Å². The second-order valence-electron chi connectivity index (χ2n) is 10.7. The molecule has 7 heteroatoms. The van der Waals surface area contributed by atoms with E-state index in [2.05, 4.69) is 29.2 Å². The second kappa shape index (κ2) is 9.23. The van der Waals surface area contributed by atoms with Crippen LogP contribution in [0.4, 0.5) is 4.39 Å². The van der Waals surface area contributed by atoms with Crippen LogP contribution in [0.25, 0.3) is 33.3 Å². The molecule has 192 valence electrons. The lowest BCUT2D eigenvalue weighted by Crippen LogP contribution is -2.42. The minimum absolute atomic E-state index is 0.0152. The molecule has 2 fully saturated rings. The third kappa shape index (κ3) is 4.51. The number of halogens is 1. The average Bonchev–Trinajstić information content (AvgIpc) is 3.41. The van der Waals surface area contributed by atoms with Gasteiger partial charge >= 0.3 is 0 Å². The molecule has 1 aromatic heterocycles. The first-order valence-corrected chi connectivity index (χ1v) is 14.0. The Labute approximate surface area is 216 Å². The molecule has 0 aliphatic heterocycles. The van der Waals surface area contributed by atoms with Crippen LogP contribution in [0, 0.1) is 22.6 Å². The number of ketones is 1. The van der Waals surface area contributed by atoms with Gasteiger partial charge in [0.15, 0.2) is 0 Å². The van der Waals surface area contributed by atoms with Gasteiger partial charge in [-0.3, -0.25) is 9.35 Å². The molecule has 2 bridgehead atoms. The number of carbonyl (C=O) groups excluding carboxylic acids is 1. The minimum Gasteiger partial charge on any atom is -0.354 e. The van der Waals surface area contributed by atoms with Gasteiger partial charge in [-0.05, 0) is 53.5 Å². The van der Waals surface area contributed by atoms with E-state index in [0.29, 0.717) is 12.8 Å². The van der Waals surface area contributed by atoms with E-state index in [-0.39, 0.29) is 22.9 Å². The molecule has 2 saturated carbocycles. The molecule has 2 aliphatic rings. The lowest BCUT2D eigenvalue weighted by Gasteiger charge is -2.35. The van der Waals surface area contributed by atoms with Gasteiger partial charge in [-0.2, -0.15) is 8.42 Å². The standard InChI is InChI=1S/C20H14FN.C10H16O4S/c21-16-12-10-14(11-13-16)19-17-8-4-5-9-18(17)22-20(19)15-6-2-1-3-7-15;1-9(2)7-3-4-10(9,8(11)5-7)6-15(12,13)14/h1-13,22H;7H,3-6H2,1-2H3,(H,12,13,14). The Morgan fingerprint density at radius 3 is 2.19 bits per heavy atom. The van der Waals surface area contributed by atoms with Gasteiger partial charge in [-0.25, -0.2) is 4.39 Å². The highest BCUT2D eigenvalue weighted by Gasteiger charge is 2.65. The van der Waals surface area contributed by atoms with Gasteiger partial charge in [-0.1, -0.05) is 74.5 Å². The molecule has 6 rings (SSSR count). The van der Waals surface area contributed by atoms with Crippen LogP contribution in [0.2, 0.25) is 0 Å². The number of Topliss-reactive ketones (excluding diaryl/α,β-unsaturated/α-hetero) is 1. The molecular weight excluding hydrogens is 489 g/mol. The molecule has 0 spiro atoms. The van der Waals surface area contributed by atoms with E-state index in [1.165, 1.54) is 12.1 Å². The van der Waals surface area contributed by atoms with Crippen LogP contribution < -0.4 is 0 Å². The molecule has 2 aliphatic carbocycles. The third-order valence-corrected chi connectivity index (χ3v) is 9.33. The topological polar surface area (TPSA) is 87.2 Å². The van der Waals surface area contributed by atoms with Crippen molar-refractivity contribution in [3.63, 3.8) is 0 Å². The molecular formula is C30H30FNO4S. The fourth-order valence-corrected chi connectivity index (χ4v) is 7.60. The van der Waals surface area contributed by atoms with E-state index in [9.17, 15) is 17.6 Å². The number of carbonyl (C=O) groups is 1. The van der Waals surface area contributed by atoms with Gasteiger partial charge in [0, 0.05) is 22.9 Å². The molecule has 1 heterocycles. The summed E-state index contributed by atoms with van der Waals surface area (Å²) in [6.45, 7) is 3.89. The number of aromatic amines is 1. The van der Waals surface area contributed by atoms with Gasteiger partial charge in [-0.15, -0.1) is 0 Å². The predicted octanol–water partition coefficient (Wildman–Crippen LogP) is 6.91. The predicted molar refractivity (Wildman–Crippen MR) is 144 cm³/mol. The normalized spacial score (nSPS) is 22.2. The Morgan fingerprint density at radius 2 is 1.59 bits per heavy atom. The lowest BCUT2D eigenvalue weighted by molar-refractivity contribution is -0.128. The Bertz CT molecular complexity index is 1560. The zero-order valence-electron chi connectivity index (χ0n) is 20.9. The first-order valence-electron chi connectivity index (χ1n) is 12.4. The average molecular weight is 520 g/mol. The van der Waals surface area contributed by atoms with Gasteiger partial charge in [0.25, 0.3) is 10.1 Å². The molecule has 4 aromatic rings. The lowest BCUT2D eigenvalue weighted by atomic mass is 9.70. The van der Waals surface area contributed by atoms with E-state index in [1.54, 1.807) is 0 Å². The number of fused-ring (bicyclic) bond motifs is 3. The van der Waals surface area contributed by atoms with Crippen molar-refractivity contribution in [3.05, 3.63) is 84.7 Å². The van der Waals surface area contributed by atoms with Gasteiger partial charge in [0.2, 0.25) is 0 Å². The van der Waals surface area contributed by atoms with E-state index >= 15 is 0 Å². The fourth-order valence-electron chi connectivity index (χ4n) is 6.30. The Balaban J connectivity index is 0.000000164. The highest BCUT2D eigenvalue weighted by Crippen LogP contribution is 2.64. The summed E-state index contributed by atoms with van der Waals surface area (Å²) in [6, 6.07) is 25.1. The van der Waals surface area contributed by atoms with Gasteiger partial charge in [0.1, 0.15) is 11.6 Å². The molecule has 2 unspecified atom stereocenters. The molecule has 3 aromatic carbocycles. The molecule has 0 amide bonds. The van der Waals surface area contributed by atoms with E-state index in [1.807, 2.05) is 56.3 Å². The maximum atomic E-state index is 13.3. The summed E-state index contributed by atoms with van der Waals surface area (Å²) in [5.74, 6) is -0.319. The smallest absolute Gasteiger partial charge is 0.265 e. The molecule has 2 atom stereocenters. The third-order valence-electron chi connectivity index (χ3n) is 8.47. The molecule has 5 nitrogen and oxygen atoms in total. The summed E-state index contributed by atoms with van der Waals surface area (Å²) in [4.78, 5) is 15.4.